The van der Waals surface area contributed by atoms with Crippen molar-refractivity contribution in [1.29, 1.82) is 0 Å². The summed E-state index contributed by atoms with van der Waals surface area (Å²) in [5, 5.41) is 6.09. The molecule has 4 heteroatoms. The van der Waals surface area contributed by atoms with Crippen LogP contribution in [0, 0.1) is 0 Å². The number of hydrogen-bond donors (Lipinski definition) is 3. The lowest BCUT2D eigenvalue weighted by Gasteiger charge is -1.97. The first-order valence-electron chi connectivity index (χ1n) is 4.21. The van der Waals surface area contributed by atoms with Crippen LogP contribution in [0.5, 0.6) is 0 Å². The van der Waals surface area contributed by atoms with Crippen molar-refractivity contribution in [1.82, 2.24) is 10.2 Å². The molecule has 0 spiro atoms. The highest BCUT2D eigenvalue weighted by molar-refractivity contribution is 5.81. The van der Waals surface area contributed by atoms with Crippen molar-refractivity contribution >= 4 is 10.9 Å². The van der Waals surface area contributed by atoms with Crippen LogP contribution in [0.2, 0.25) is 0 Å². The van der Waals surface area contributed by atoms with Gasteiger partial charge in [-0.1, -0.05) is 12.1 Å². The second-order valence-corrected chi connectivity index (χ2v) is 2.96. The Morgan fingerprint density at radius 3 is 2.92 bits per heavy atom. The van der Waals surface area contributed by atoms with E-state index in [0.29, 0.717) is 6.54 Å². The lowest BCUT2D eigenvalue weighted by atomic mass is 10.1. The van der Waals surface area contributed by atoms with Crippen LogP contribution in [0.1, 0.15) is 5.56 Å². The van der Waals surface area contributed by atoms with E-state index in [1.54, 1.807) is 0 Å². The maximum atomic E-state index is 11.3. The zero-order valence-corrected chi connectivity index (χ0v) is 7.13. The highest BCUT2D eigenvalue weighted by atomic mass is 16.1. The van der Waals surface area contributed by atoms with Gasteiger partial charge in [0.1, 0.15) is 0 Å². The zero-order valence-electron chi connectivity index (χ0n) is 7.13. The molecule has 0 saturated heterocycles. The molecular formula is C9H11N3O. The average Bonchev–Trinajstić information content (AvgIpc) is 2.50. The van der Waals surface area contributed by atoms with Crippen LogP contribution < -0.4 is 11.3 Å². The van der Waals surface area contributed by atoms with Gasteiger partial charge in [-0.25, -0.2) is 0 Å². The Hall–Kier alpha value is -1.55. The Labute approximate surface area is 74.7 Å². The topological polar surface area (TPSA) is 74.7 Å². The number of fused-ring (bicyclic) bond motifs is 1. The quantitative estimate of drug-likeness (QED) is 0.619. The van der Waals surface area contributed by atoms with Gasteiger partial charge < -0.3 is 5.73 Å². The second-order valence-electron chi connectivity index (χ2n) is 2.96. The van der Waals surface area contributed by atoms with Gasteiger partial charge in [0.15, 0.2) is 0 Å². The summed E-state index contributed by atoms with van der Waals surface area (Å²) in [5.41, 5.74) is 7.22. The predicted molar refractivity (Wildman–Crippen MR) is 51.7 cm³/mol. The number of rotatable bonds is 2. The molecule has 1 aromatic heterocycles. The Bertz CT molecular complexity index is 469. The van der Waals surface area contributed by atoms with E-state index in [2.05, 4.69) is 10.2 Å². The summed E-state index contributed by atoms with van der Waals surface area (Å²) in [6.07, 6.45) is 0.734. The monoisotopic (exact) mass is 177 g/mol. The van der Waals surface area contributed by atoms with Crippen molar-refractivity contribution in [2.24, 2.45) is 5.73 Å². The van der Waals surface area contributed by atoms with Gasteiger partial charge in [0.2, 0.25) is 0 Å². The van der Waals surface area contributed by atoms with Gasteiger partial charge in [-0.15, -0.1) is 0 Å². The molecule has 1 aromatic carbocycles. The number of aromatic amines is 2. The summed E-state index contributed by atoms with van der Waals surface area (Å²) >= 11 is 0. The van der Waals surface area contributed by atoms with Crippen LogP contribution in [-0.2, 0) is 6.42 Å². The lowest BCUT2D eigenvalue weighted by Crippen LogP contribution is -2.06. The van der Waals surface area contributed by atoms with E-state index in [-0.39, 0.29) is 5.56 Å². The summed E-state index contributed by atoms with van der Waals surface area (Å²) in [6, 6.07) is 5.71. The number of H-pyrrole nitrogens is 2. The maximum absolute atomic E-state index is 11.3. The first kappa shape index (κ1) is 8.07. The molecule has 4 nitrogen and oxygen atoms in total. The molecule has 0 aliphatic heterocycles. The van der Waals surface area contributed by atoms with Gasteiger partial charge in [-0.3, -0.25) is 15.0 Å². The average molecular weight is 177 g/mol. The molecule has 13 heavy (non-hydrogen) atoms. The largest absolute Gasteiger partial charge is 0.330 e. The van der Waals surface area contributed by atoms with Crippen LogP contribution in [0.15, 0.2) is 23.0 Å². The first-order valence-corrected chi connectivity index (χ1v) is 4.21. The normalized spacial score (nSPS) is 10.8. The second kappa shape index (κ2) is 3.06. The summed E-state index contributed by atoms with van der Waals surface area (Å²) in [4.78, 5) is 11.3. The molecule has 0 amide bonds. The number of hydrogen-bond acceptors (Lipinski definition) is 2. The third kappa shape index (κ3) is 1.25. The molecule has 0 aliphatic rings. The van der Waals surface area contributed by atoms with Gasteiger partial charge in [-0.05, 0) is 24.6 Å². The Morgan fingerprint density at radius 2 is 2.15 bits per heavy atom. The fourth-order valence-corrected chi connectivity index (χ4v) is 1.52. The van der Waals surface area contributed by atoms with Crippen molar-refractivity contribution in [2.45, 2.75) is 6.42 Å². The van der Waals surface area contributed by atoms with E-state index in [9.17, 15) is 4.79 Å². The molecule has 0 fully saturated rings. The minimum atomic E-state index is -0.0703. The predicted octanol–water partition coefficient (Wildman–Crippen LogP) is 0.357. The maximum Gasteiger partial charge on any atom is 0.272 e. The molecule has 2 aromatic rings. The lowest BCUT2D eigenvalue weighted by molar-refractivity contribution is 0.976. The molecule has 2 rings (SSSR count). The van der Waals surface area contributed by atoms with Crippen molar-refractivity contribution in [3.05, 3.63) is 34.1 Å². The van der Waals surface area contributed by atoms with E-state index in [4.69, 9.17) is 5.73 Å². The molecule has 0 unspecified atom stereocenters. The van der Waals surface area contributed by atoms with Crippen molar-refractivity contribution < 1.29 is 0 Å². The molecule has 1 heterocycles. The van der Waals surface area contributed by atoms with E-state index < -0.39 is 0 Å². The van der Waals surface area contributed by atoms with Crippen LogP contribution in [-0.4, -0.2) is 16.7 Å². The van der Waals surface area contributed by atoms with Gasteiger partial charge >= 0.3 is 0 Å². The van der Waals surface area contributed by atoms with E-state index in [1.807, 2.05) is 18.2 Å². The summed E-state index contributed by atoms with van der Waals surface area (Å²) in [7, 11) is 0. The molecule has 0 radical (unpaired) electrons. The molecule has 68 valence electrons. The standard InChI is InChI=1S/C9H11N3O/c10-5-4-6-2-1-3-7-8(6)9(13)12-11-7/h1-3H,4-5,10H2,(H2,11,12,13). The fraction of sp³-hybridized carbons (Fsp3) is 0.222. The van der Waals surface area contributed by atoms with Crippen LogP contribution in [0.3, 0.4) is 0 Å². The Kier molecular flexibility index (Phi) is 1.90. The molecule has 0 saturated carbocycles. The Morgan fingerprint density at radius 1 is 1.31 bits per heavy atom. The number of aromatic nitrogens is 2. The van der Waals surface area contributed by atoms with E-state index in [1.165, 1.54) is 0 Å². The summed E-state index contributed by atoms with van der Waals surface area (Å²) < 4.78 is 0. The van der Waals surface area contributed by atoms with Crippen molar-refractivity contribution in [3.63, 3.8) is 0 Å². The SMILES string of the molecule is NCCc1cccc2[nH][nH]c(=O)c12. The molecule has 0 aliphatic carbocycles. The molecular weight excluding hydrogens is 166 g/mol. The Balaban J connectivity index is 2.73. The zero-order chi connectivity index (χ0) is 9.26. The summed E-state index contributed by atoms with van der Waals surface area (Å²) in [6.45, 7) is 0.559. The number of nitrogens with one attached hydrogen (secondary N) is 2. The summed E-state index contributed by atoms with van der Waals surface area (Å²) in [5.74, 6) is 0. The molecule has 0 bridgehead atoms. The van der Waals surface area contributed by atoms with Crippen LogP contribution >= 0.6 is 0 Å². The first-order chi connectivity index (χ1) is 6.33. The third-order valence-corrected chi connectivity index (χ3v) is 2.10. The van der Waals surface area contributed by atoms with Gasteiger partial charge in [0, 0.05) is 0 Å². The van der Waals surface area contributed by atoms with E-state index in [0.717, 1.165) is 22.9 Å². The van der Waals surface area contributed by atoms with Crippen molar-refractivity contribution in [2.75, 3.05) is 6.54 Å². The third-order valence-electron chi connectivity index (χ3n) is 2.10. The molecule has 0 atom stereocenters. The smallest absolute Gasteiger partial charge is 0.272 e. The van der Waals surface area contributed by atoms with Crippen molar-refractivity contribution in [3.8, 4) is 0 Å². The van der Waals surface area contributed by atoms with Crippen LogP contribution in [0.25, 0.3) is 10.9 Å². The van der Waals surface area contributed by atoms with Gasteiger partial charge in [0.05, 0.1) is 10.9 Å². The minimum Gasteiger partial charge on any atom is -0.330 e. The van der Waals surface area contributed by atoms with Gasteiger partial charge in [-0.2, -0.15) is 0 Å². The van der Waals surface area contributed by atoms with Gasteiger partial charge in [0.25, 0.3) is 5.56 Å². The minimum absolute atomic E-state index is 0.0703. The number of nitrogens with two attached hydrogens (primary N) is 1. The molecule has 4 N–H and O–H groups in total. The number of benzene rings is 1. The fourth-order valence-electron chi connectivity index (χ4n) is 1.52. The van der Waals surface area contributed by atoms with E-state index >= 15 is 0 Å². The van der Waals surface area contributed by atoms with Crippen LogP contribution in [0.4, 0.5) is 0 Å². The highest BCUT2D eigenvalue weighted by Crippen LogP contribution is 2.12. The highest BCUT2D eigenvalue weighted by Gasteiger charge is 2.04.